The van der Waals surface area contributed by atoms with E-state index in [1.54, 1.807) is 0 Å². The van der Waals surface area contributed by atoms with E-state index >= 15 is 0 Å². The number of aliphatic hydroxyl groups is 2. The van der Waals surface area contributed by atoms with E-state index in [1.165, 1.54) is 0 Å². The first-order valence-corrected chi connectivity index (χ1v) is 5.89. The Morgan fingerprint density at radius 2 is 1.11 bits per heavy atom. The Morgan fingerprint density at radius 1 is 0.684 bits per heavy atom. The fourth-order valence-electron chi connectivity index (χ4n) is 0.982. The molecule has 0 bridgehead atoms. The van der Waals surface area contributed by atoms with Crippen LogP contribution in [0.15, 0.2) is 0 Å². The molecule has 0 amide bonds. The van der Waals surface area contributed by atoms with Crippen molar-refractivity contribution in [1.82, 2.24) is 0 Å². The zero-order chi connectivity index (χ0) is 14.3. The Morgan fingerprint density at radius 3 is 1.47 bits per heavy atom. The lowest BCUT2D eigenvalue weighted by Crippen LogP contribution is -2.18. The van der Waals surface area contributed by atoms with E-state index in [0.29, 0.717) is 0 Å². The van der Waals surface area contributed by atoms with Crippen molar-refractivity contribution < 1.29 is 38.7 Å². The summed E-state index contributed by atoms with van der Waals surface area (Å²) in [5.41, 5.74) is 0. The molecule has 0 fully saturated rings. The van der Waals surface area contributed by atoms with Crippen molar-refractivity contribution in [3.05, 3.63) is 0 Å². The van der Waals surface area contributed by atoms with Gasteiger partial charge < -0.3 is 29.2 Å². The molecule has 19 heavy (non-hydrogen) atoms. The maximum Gasteiger partial charge on any atom is 0.317 e. The molecule has 112 valence electrons. The van der Waals surface area contributed by atoms with Crippen LogP contribution in [0.3, 0.4) is 0 Å². The topological polar surface area (TPSA) is 112 Å². The van der Waals surface area contributed by atoms with E-state index in [1.807, 2.05) is 0 Å². The van der Waals surface area contributed by atoms with Crippen LogP contribution in [-0.4, -0.2) is 75.0 Å². The van der Waals surface area contributed by atoms with Crippen LogP contribution in [0.4, 0.5) is 0 Å². The first-order chi connectivity index (χ1) is 9.20. The number of carbonyl (C=O) groups is 2. The lowest BCUT2D eigenvalue weighted by molar-refractivity contribution is -0.156. The summed E-state index contributed by atoms with van der Waals surface area (Å²) in [5, 5.41) is 16.8. The van der Waals surface area contributed by atoms with E-state index in [-0.39, 0.29) is 52.9 Å². The highest BCUT2D eigenvalue weighted by molar-refractivity contribution is 5.91. The zero-order valence-corrected chi connectivity index (χ0v) is 10.7. The van der Waals surface area contributed by atoms with Crippen molar-refractivity contribution in [2.75, 3.05) is 52.9 Å². The molecule has 0 saturated heterocycles. The number of hydrogen-bond acceptors (Lipinski definition) is 8. The van der Waals surface area contributed by atoms with Crippen LogP contribution in [0.25, 0.3) is 0 Å². The van der Waals surface area contributed by atoms with Crippen LogP contribution in [0.1, 0.15) is 6.42 Å². The molecule has 0 unspecified atom stereocenters. The van der Waals surface area contributed by atoms with Crippen molar-refractivity contribution in [3.8, 4) is 0 Å². The van der Waals surface area contributed by atoms with Gasteiger partial charge in [-0.1, -0.05) is 0 Å². The van der Waals surface area contributed by atoms with E-state index in [9.17, 15) is 9.59 Å². The summed E-state index contributed by atoms with van der Waals surface area (Å²) >= 11 is 0. The van der Waals surface area contributed by atoms with Gasteiger partial charge in [0.2, 0.25) is 0 Å². The average Bonchev–Trinajstić information content (AvgIpc) is 2.38. The fraction of sp³-hybridized carbons (Fsp3) is 0.818. The maximum absolute atomic E-state index is 11.1. The lowest BCUT2D eigenvalue weighted by Gasteiger charge is -2.06. The van der Waals surface area contributed by atoms with Crippen molar-refractivity contribution in [2.24, 2.45) is 0 Å². The summed E-state index contributed by atoms with van der Waals surface area (Å²) in [4.78, 5) is 22.3. The van der Waals surface area contributed by atoms with Gasteiger partial charge in [0, 0.05) is 0 Å². The molecule has 0 aliphatic carbocycles. The highest BCUT2D eigenvalue weighted by atomic mass is 16.6. The normalized spacial score (nSPS) is 10.2. The summed E-state index contributed by atoms with van der Waals surface area (Å²) in [5.74, 6) is -1.40. The van der Waals surface area contributed by atoms with Gasteiger partial charge in [0.1, 0.15) is 19.6 Å². The molecule has 0 rings (SSSR count). The van der Waals surface area contributed by atoms with Crippen LogP contribution in [0.5, 0.6) is 0 Å². The van der Waals surface area contributed by atoms with E-state index in [4.69, 9.17) is 29.2 Å². The molecule has 0 aromatic rings. The quantitative estimate of drug-likeness (QED) is 0.252. The lowest BCUT2D eigenvalue weighted by atomic mass is 10.4. The smallest absolute Gasteiger partial charge is 0.317 e. The molecule has 0 aromatic carbocycles. The molecule has 0 radical (unpaired) electrons. The molecule has 0 aliphatic heterocycles. The molecule has 8 nitrogen and oxygen atoms in total. The minimum Gasteiger partial charge on any atom is -0.463 e. The second-order valence-corrected chi connectivity index (χ2v) is 3.29. The van der Waals surface area contributed by atoms with Crippen LogP contribution in [0.2, 0.25) is 0 Å². The molecule has 0 atom stereocenters. The molecule has 8 heteroatoms. The van der Waals surface area contributed by atoms with Gasteiger partial charge in [0.05, 0.1) is 39.6 Å². The van der Waals surface area contributed by atoms with Gasteiger partial charge >= 0.3 is 11.9 Å². The van der Waals surface area contributed by atoms with Gasteiger partial charge in [0.25, 0.3) is 0 Å². The maximum atomic E-state index is 11.1. The van der Waals surface area contributed by atoms with Gasteiger partial charge in [-0.05, 0) is 0 Å². The number of aliphatic hydroxyl groups excluding tert-OH is 2. The third-order valence-corrected chi connectivity index (χ3v) is 1.74. The van der Waals surface area contributed by atoms with Crippen molar-refractivity contribution in [2.45, 2.75) is 6.42 Å². The van der Waals surface area contributed by atoms with E-state index in [2.05, 4.69) is 0 Å². The third-order valence-electron chi connectivity index (χ3n) is 1.74. The molecule has 0 spiro atoms. The molecular formula is C11H20O8. The van der Waals surface area contributed by atoms with Crippen molar-refractivity contribution in [1.29, 1.82) is 0 Å². The summed E-state index contributed by atoms with van der Waals surface area (Å²) in [6.45, 7) is 0.516. The van der Waals surface area contributed by atoms with Gasteiger partial charge in [-0.2, -0.15) is 0 Å². The zero-order valence-electron chi connectivity index (χ0n) is 10.7. The second kappa shape index (κ2) is 13.2. The number of esters is 2. The Balaban J connectivity index is 3.40. The molecule has 2 N–H and O–H groups in total. The largest absolute Gasteiger partial charge is 0.463 e. The van der Waals surface area contributed by atoms with Gasteiger partial charge in [-0.15, -0.1) is 0 Å². The molecular weight excluding hydrogens is 260 g/mol. The summed E-state index contributed by atoms with van der Waals surface area (Å²) in [7, 11) is 0. The predicted octanol–water partition coefficient (Wildman–Crippen LogP) is -1.52. The standard InChI is InChI=1S/C11H20O8/c12-1-3-16-5-7-18-10(14)9-11(15)19-8-6-17-4-2-13/h12-13H,1-9H2. The summed E-state index contributed by atoms with van der Waals surface area (Å²) < 4.78 is 19.1. The number of rotatable bonds is 12. The van der Waals surface area contributed by atoms with Crippen LogP contribution in [0, 0.1) is 0 Å². The minimum absolute atomic E-state index is 0.0196. The van der Waals surface area contributed by atoms with Gasteiger partial charge in [0.15, 0.2) is 0 Å². The van der Waals surface area contributed by atoms with Crippen molar-refractivity contribution >= 4 is 11.9 Å². The molecule has 0 aromatic heterocycles. The van der Waals surface area contributed by atoms with E-state index in [0.717, 1.165) is 0 Å². The predicted molar refractivity (Wildman–Crippen MR) is 62.3 cm³/mol. The highest BCUT2D eigenvalue weighted by Crippen LogP contribution is 1.92. The average molecular weight is 280 g/mol. The van der Waals surface area contributed by atoms with Crippen LogP contribution >= 0.6 is 0 Å². The summed E-state index contributed by atoms with van der Waals surface area (Å²) in [6.07, 6.45) is -0.472. The minimum atomic E-state index is -0.700. The number of hydrogen-bond donors (Lipinski definition) is 2. The number of ether oxygens (including phenoxy) is 4. The van der Waals surface area contributed by atoms with E-state index < -0.39 is 18.4 Å². The van der Waals surface area contributed by atoms with Gasteiger partial charge in [-0.3, -0.25) is 9.59 Å². The first kappa shape index (κ1) is 17.8. The first-order valence-electron chi connectivity index (χ1n) is 5.89. The molecule has 0 heterocycles. The van der Waals surface area contributed by atoms with Crippen LogP contribution < -0.4 is 0 Å². The summed E-state index contributed by atoms with van der Waals surface area (Å²) in [6, 6.07) is 0. The Labute approximate surface area is 111 Å². The Bertz CT molecular complexity index is 219. The van der Waals surface area contributed by atoms with Gasteiger partial charge in [-0.25, -0.2) is 0 Å². The van der Waals surface area contributed by atoms with Crippen LogP contribution in [-0.2, 0) is 28.5 Å². The molecule has 0 saturated carbocycles. The third kappa shape index (κ3) is 13.0. The second-order valence-electron chi connectivity index (χ2n) is 3.29. The monoisotopic (exact) mass is 280 g/mol. The molecule has 0 aliphatic rings. The SMILES string of the molecule is O=C(CC(=O)OCCOCCO)OCCOCCO. The highest BCUT2D eigenvalue weighted by Gasteiger charge is 2.11. The Hall–Kier alpha value is -1.22. The Kier molecular flexibility index (Phi) is 12.4. The number of carbonyl (C=O) groups excluding carboxylic acids is 2. The van der Waals surface area contributed by atoms with Crippen molar-refractivity contribution in [3.63, 3.8) is 0 Å². The fourth-order valence-corrected chi connectivity index (χ4v) is 0.982.